The summed E-state index contributed by atoms with van der Waals surface area (Å²) in [5, 5.41) is 3.01. The first-order valence-electron chi connectivity index (χ1n) is 9.77. The fraction of sp³-hybridized carbons (Fsp3) is 0.409. The van der Waals surface area contributed by atoms with E-state index in [1.54, 1.807) is 12.1 Å². The molecule has 150 valence electrons. The number of hydrogen-bond donors (Lipinski definition) is 1. The van der Waals surface area contributed by atoms with Gasteiger partial charge in [0.25, 0.3) is 0 Å². The lowest BCUT2D eigenvalue weighted by Crippen LogP contribution is -2.48. The van der Waals surface area contributed by atoms with Crippen LogP contribution in [0.1, 0.15) is 37.8 Å². The van der Waals surface area contributed by atoms with E-state index in [1.165, 1.54) is 4.31 Å². The van der Waals surface area contributed by atoms with E-state index >= 15 is 0 Å². The number of rotatable bonds is 6. The molecule has 0 saturated carbocycles. The van der Waals surface area contributed by atoms with Gasteiger partial charge in [0, 0.05) is 25.0 Å². The summed E-state index contributed by atoms with van der Waals surface area (Å²) in [6, 6.07) is 16.9. The third-order valence-electron chi connectivity index (χ3n) is 5.64. The Balaban J connectivity index is 1.65. The molecule has 2 aromatic carbocycles. The van der Waals surface area contributed by atoms with Gasteiger partial charge in [-0.15, -0.1) is 0 Å². The molecule has 5 nitrogen and oxygen atoms in total. The maximum atomic E-state index is 13.1. The van der Waals surface area contributed by atoms with Crippen LogP contribution in [-0.4, -0.2) is 31.7 Å². The number of hydrogen-bond acceptors (Lipinski definition) is 3. The SMILES string of the molecule is CCc1ccccc1S(=O)(=O)N1CCC(C)(C(=O)NCc2ccccc2)CC1. The quantitative estimate of drug-likeness (QED) is 0.809. The maximum Gasteiger partial charge on any atom is 0.243 e. The van der Waals surface area contributed by atoms with Crippen LogP contribution >= 0.6 is 0 Å². The van der Waals surface area contributed by atoms with Crippen molar-refractivity contribution in [2.24, 2.45) is 5.41 Å². The highest BCUT2D eigenvalue weighted by Crippen LogP contribution is 2.34. The van der Waals surface area contributed by atoms with Crippen molar-refractivity contribution in [1.82, 2.24) is 9.62 Å². The minimum Gasteiger partial charge on any atom is -0.352 e. The molecule has 1 aliphatic rings. The number of sulfonamides is 1. The number of carbonyl (C=O) groups excluding carboxylic acids is 1. The highest BCUT2D eigenvalue weighted by atomic mass is 32.2. The second-order valence-electron chi connectivity index (χ2n) is 7.59. The van der Waals surface area contributed by atoms with Crippen molar-refractivity contribution in [3.8, 4) is 0 Å². The molecule has 0 aliphatic carbocycles. The molecule has 0 aromatic heterocycles. The second-order valence-corrected chi connectivity index (χ2v) is 9.50. The Morgan fingerprint density at radius 1 is 1.04 bits per heavy atom. The van der Waals surface area contributed by atoms with Gasteiger partial charge in [0.1, 0.15) is 0 Å². The van der Waals surface area contributed by atoms with Gasteiger partial charge in [-0.05, 0) is 36.5 Å². The molecule has 2 aromatic rings. The Morgan fingerprint density at radius 3 is 2.29 bits per heavy atom. The lowest BCUT2D eigenvalue weighted by Gasteiger charge is -2.37. The molecule has 1 aliphatic heterocycles. The predicted molar refractivity (Wildman–Crippen MR) is 110 cm³/mol. The molecule has 0 spiro atoms. The lowest BCUT2D eigenvalue weighted by atomic mass is 9.80. The molecule has 1 amide bonds. The third-order valence-corrected chi connectivity index (χ3v) is 7.64. The minimum absolute atomic E-state index is 0.0117. The molecule has 1 saturated heterocycles. The van der Waals surface area contributed by atoms with E-state index in [0.717, 1.165) is 11.1 Å². The summed E-state index contributed by atoms with van der Waals surface area (Å²) < 4.78 is 27.7. The summed E-state index contributed by atoms with van der Waals surface area (Å²) in [5.74, 6) is -0.0117. The van der Waals surface area contributed by atoms with Crippen LogP contribution < -0.4 is 5.32 Å². The molecular weight excluding hydrogens is 372 g/mol. The first-order chi connectivity index (χ1) is 13.4. The van der Waals surface area contributed by atoms with Crippen LogP contribution in [0.3, 0.4) is 0 Å². The number of benzene rings is 2. The Kier molecular flexibility index (Phi) is 6.20. The monoisotopic (exact) mass is 400 g/mol. The van der Waals surface area contributed by atoms with Crippen LogP contribution in [0.2, 0.25) is 0 Å². The topological polar surface area (TPSA) is 66.5 Å². The first kappa shape index (κ1) is 20.6. The van der Waals surface area contributed by atoms with Gasteiger partial charge in [-0.3, -0.25) is 4.79 Å². The zero-order valence-corrected chi connectivity index (χ0v) is 17.3. The lowest BCUT2D eigenvalue weighted by molar-refractivity contribution is -0.132. The average Bonchev–Trinajstić information content (AvgIpc) is 2.73. The molecule has 0 atom stereocenters. The number of nitrogens with one attached hydrogen (secondary N) is 1. The van der Waals surface area contributed by atoms with E-state index in [4.69, 9.17) is 0 Å². The van der Waals surface area contributed by atoms with Crippen LogP contribution in [0.15, 0.2) is 59.5 Å². The summed E-state index contributed by atoms with van der Waals surface area (Å²) >= 11 is 0. The van der Waals surface area contributed by atoms with E-state index in [2.05, 4.69) is 5.32 Å². The standard InChI is InChI=1S/C22H28N2O3S/c1-3-19-11-7-8-12-20(19)28(26,27)24-15-13-22(2,14-16-24)21(25)23-17-18-9-5-4-6-10-18/h4-12H,3,13-17H2,1-2H3,(H,23,25). The molecule has 1 heterocycles. The predicted octanol–water partition coefficient (Wildman–Crippen LogP) is 3.36. The number of amides is 1. The molecule has 1 fully saturated rings. The van der Waals surface area contributed by atoms with Crippen LogP contribution in [0.5, 0.6) is 0 Å². The van der Waals surface area contributed by atoms with Crippen LogP contribution in [0, 0.1) is 5.41 Å². The Labute approximate surface area is 167 Å². The van der Waals surface area contributed by atoms with Gasteiger partial charge in [0.05, 0.1) is 4.90 Å². The summed E-state index contributed by atoms with van der Waals surface area (Å²) in [4.78, 5) is 13.1. The van der Waals surface area contributed by atoms with Crippen LogP contribution in [-0.2, 0) is 27.8 Å². The van der Waals surface area contributed by atoms with E-state index in [9.17, 15) is 13.2 Å². The minimum atomic E-state index is -3.53. The highest BCUT2D eigenvalue weighted by Gasteiger charge is 2.40. The zero-order chi connectivity index (χ0) is 20.2. The fourth-order valence-electron chi connectivity index (χ4n) is 3.63. The van der Waals surface area contributed by atoms with Crippen LogP contribution in [0.4, 0.5) is 0 Å². The van der Waals surface area contributed by atoms with E-state index < -0.39 is 15.4 Å². The molecule has 28 heavy (non-hydrogen) atoms. The van der Waals surface area contributed by atoms with Gasteiger partial charge in [-0.25, -0.2) is 8.42 Å². The number of aryl methyl sites for hydroxylation is 1. The molecular formula is C22H28N2O3S. The van der Waals surface area contributed by atoms with E-state index in [-0.39, 0.29) is 5.91 Å². The Hall–Kier alpha value is -2.18. The summed E-state index contributed by atoms with van der Waals surface area (Å²) in [7, 11) is -3.53. The zero-order valence-electron chi connectivity index (χ0n) is 16.5. The van der Waals surface area contributed by atoms with Gasteiger partial charge >= 0.3 is 0 Å². The van der Waals surface area contributed by atoms with Crippen molar-refractivity contribution in [3.63, 3.8) is 0 Å². The van der Waals surface area contributed by atoms with Crippen molar-refractivity contribution in [2.45, 2.75) is 44.6 Å². The Bertz CT molecular complexity index is 918. The van der Waals surface area contributed by atoms with Gasteiger partial charge < -0.3 is 5.32 Å². The van der Waals surface area contributed by atoms with Crippen molar-refractivity contribution in [1.29, 1.82) is 0 Å². The smallest absolute Gasteiger partial charge is 0.243 e. The van der Waals surface area contributed by atoms with Gasteiger partial charge in [-0.1, -0.05) is 62.4 Å². The normalized spacial score (nSPS) is 17.2. The molecule has 3 rings (SSSR count). The maximum absolute atomic E-state index is 13.1. The van der Waals surface area contributed by atoms with Gasteiger partial charge in [-0.2, -0.15) is 4.31 Å². The largest absolute Gasteiger partial charge is 0.352 e. The Morgan fingerprint density at radius 2 is 1.64 bits per heavy atom. The molecule has 0 radical (unpaired) electrons. The fourth-order valence-corrected chi connectivity index (χ4v) is 5.36. The second kappa shape index (κ2) is 8.45. The molecule has 0 bridgehead atoms. The number of piperidine rings is 1. The van der Waals surface area contributed by atoms with Gasteiger partial charge in [0.15, 0.2) is 0 Å². The van der Waals surface area contributed by atoms with E-state index in [1.807, 2.05) is 56.3 Å². The number of nitrogens with zero attached hydrogens (tertiary/aromatic N) is 1. The molecule has 1 N–H and O–H groups in total. The average molecular weight is 401 g/mol. The van der Waals surface area contributed by atoms with Crippen molar-refractivity contribution in [3.05, 3.63) is 65.7 Å². The third kappa shape index (κ3) is 4.28. The van der Waals surface area contributed by atoms with Crippen LogP contribution in [0.25, 0.3) is 0 Å². The van der Waals surface area contributed by atoms with Gasteiger partial charge in [0.2, 0.25) is 15.9 Å². The number of carbonyl (C=O) groups is 1. The highest BCUT2D eigenvalue weighted by molar-refractivity contribution is 7.89. The molecule has 0 unspecified atom stereocenters. The molecule has 6 heteroatoms. The van der Waals surface area contributed by atoms with E-state index in [0.29, 0.717) is 43.8 Å². The summed E-state index contributed by atoms with van der Waals surface area (Å²) in [6.45, 7) is 5.09. The van der Waals surface area contributed by atoms with Crippen molar-refractivity contribution >= 4 is 15.9 Å². The summed E-state index contributed by atoms with van der Waals surface area (Å²) in [6.07, 6.45) is 1.70. The van der Waals surface area contributed by atoms with Crippen molar-refractivity contribution < 1.29 is 13.2 Å². The van der Waals surface area contributed by atoms with Crippen molar-refractivity contribution in [2.75, 3.05) is 13.1 Å². The first-order valence-corrected chi connectivity index (χ1v) is 11.2. The summed E-state index contributed by atoms with van der Waals surface area (Å²) in [5.41, 5.74) is 1.33.